The van der Waals surface area contributed by atoms with Crippen molar-refractivity contribution >= 4 is 52.8 Å². The molecule has 6 nitrogen and oxygen atoms in total. The summed E-state index contributed by atoms with van der Waals surface area (Å²) < 4.78 is 47.9. The number of rotatable bonds is 5. The second-order valence-corrected chi connectivity index (χ2v) is 10.9. The fraction of sp³-hybridized carbons (Fsp3) is 0.231. The fourth-order valence-corrected chi connectivity index (χ4v) is 4.83. The molecule has 0 spiro atoms. The summed E-state index contributed by atoms with van der Waals surface area (Å²) in [5, 5.41) is 7.04. The SMILES string of the molecule is CN(Cc1csc(Br)c1)c1ccc(S(N)(=O)=O)cc1S(C)(=O)=O. The van der Waals surface area contributed by atoms with Gasteiger partial charge in [-0.1, -0.05) is 0 Å². The van der Waals surface area contributed by atoms with E-state index in [2.05, 4.69) is 15.9 Å². The van der Waals surface area contributed by atoms with Crippen molar-refractivity contribution in [2.75, 3.05) is 18.2 Å². The van der Waals surface area contributed by atoms with Gasteiger partial charge in [-0.05, 0) is 51.1 Å². The molecular formula is C13H15BrN2O4S3. The average molecular weight is 439 g/mol. The van der Waals surface area contributed by atoms with Crippen LogP contribution in [0.15, 0.2) is 43.2 Å². The summed E-state index contributed by atoms with van der Waals surface area (Å²) >= 11 is 4.91. The third-order valence-electron chi connectivity index (χ3n) is 3.11. The Morgan fingerprint density at radius 1 is 1.22 bits per heavy atom. The van der Waals surface area contributed by atoms with Gasteiger partial charge in [-0.15, -0.1) is 11.3 Å². The minimum Gasteiger partial charge on any atom is -0.369 e. The Labute approximate surface area is 148 Å². The van der Waals surface area contributed by atoms with Crippen LogP contribution >= 0.6 is 27.3 Å². The molecule has 0 radical (unpaired) electrons. The van der Waals surface area contributed by atoms with Crippen LogP contribution in [0, 0.1) is 0 Å². The van der Waals surface area contributed by atoms with Crippen molar-refractivity contribution in [2.24, 2.45) is 5.14 Å². The van der Waals surface area contributed by atoms with Crippen molar-refractivity contribution in [3.63, 3.8) is 0 Å². The third-order valence-corrected chi connectivity index (χ3v) is 6.70. The summed E-state index contributed by atoms with van der Waals surface area (Å²) in [6, 6.07) is 5.80. The maximum atomic E-state index is 12.0. The first-order valence-electron chi connectivity index (χ1n) is 6.29. The van der Waals surface area contributed by atoms with E-state index in [0.29, 0.717) is 12.2 Å². The molecule has 0 aliphatic carbocycles. The smallest absolute Gasteiger partial charge is 0.238 e. The van der Waals surface area contributed by atoms with E-state index in [1.165, 1.54) is 23.5 Å². The van der Waals surface area contributed by atoms with Crippen LogP contribution in [0.5, 0.6) is 0 Å². The van der Waals surface area contributed by atoms with Gasteiger partial charge in [0, 0.05) is 19.8 Å². The highest BCUT2D eigenvalue weighted by molar-refractivity contribution is 9.11. The second-order valence-electron chi connectivity index (χ2n) is 5.06. The monoisotopic (exact) mass is 438 g/mol. The summed E-state index contributed by atoms with van der Waals surface area (Å²) in [6.07, 6.45) is 1.04. The molecule has 2 N–H and O–H groups in total. The zero-order chi connectivity index (χ0) is 17.4. The second kappa shape index (κ2) is 6.52. The lowest BCUT2D eigenvalue weighted by Gasteiger charge is -2.22. The molecule has 126 valence electrons. The molecule has 0 bridgehead atoms. The third kappa shape index (κ3) is 4.54. The normalized spacial score (nSPS) is 12.3. The number of sulfone groups is 1. The van der Waals surface area contributed by atoms with E-state index < -0.39 is 19.9 Å². The largest absolute Gasteiger partial charge is 0.369 e. The Bertz CT molecular complexity index is 936. The van der Waals surface area contributed by atoms with Crippen LogP contribution in [0.25, 0.3) is 0 Å². The molecule has 0 saturated carbocycles. The molecule has 1 aromatic heterocycles. The van der Waals surface area contributed by atoms with Gasteiger partial charge in [0.2, 0.25) is 10.0 Å². The lowest BCUT2D eigenvalue weighted by molar-refractivity contribution is 0.597. The first-order valence-corrected chi connectivity index (χ1v) is 11.4. The van der Waals surface area contributed by atoms with Crippen molar-refractivity contribution in [3.8, 4) is 0 Å². The lowest BCUT2D eigenvalue weighted by atomic mass is 10.2. The van der Waals surface area contributed by atoms with E-state index in [1.54, 1.807) is 11.9 Å². The number of thiophene rings is 1. The Morgan fingerprint density at radius 3 is 2.35 bits per heavy atom. The van der Waals surface area contributed by atoms with Crippen LogP contribution in [0.2, 0.25) is 0 Å². The van der Waals surface area contributed by atoms with Crippen LogP contribution in [-0.2, 0) is 26.4 Å². The Balaban J connectivity index is 2.49. The van der Waals surface area contributed by atoms with Gasteiger partial charge in [0.25, 0.3) is 0 Å². The number of nitrogens with zero attached hydrogens (tertiary/aromatic N) is 1. The molecule has 10 heteroatoms. The van der Waals surface area contributed by atoms with E-state index >= 15 is 0 Å². The van der Waals surface area contributed by atoms with Crippen LogP contribution in [0.3, 0.4) is 0 Å². The number of nitrogens with two attached hydrogens (primary N) is 1. The highest BCUT2D eigenvalue weighted by atomic mass is 79.9. The predicted octanol–water partition coefficient (Wildman–Crippen LogP) is 2.20. The van der Waals surface area contributed by atoms with E-state index in [9.17, 15) is 16.8 Å². The molecule has 0 fully saturated rings. The molecule has 0 amide bonds. The zero-order valence-corrected chi connectivity index (χ0v) is 16.4. The van der Waals surface area contributed by atoms with E-state index in [-0.39, 0.29) is 9.79 Å². The summed E-state index contributed by atoms with van der Waals surface area (Å²) in [5.41, 5.74) is 1.43. The maximum absolute atomic E-state index is 12.0. The number of primary sulfonamides is 1. The van der Waals surface area contributed by atoms with Crippen LogP contribution in [0.1, 0.15) is 5.56 Å². The number of hydrogen-bond donors (Lipinski definition) is 1. The van der Waals surface area contributed by atoms with Crippen LogP contribution in [0.4, 0.5) is 5.69 Å². The standard InChI is InChI=1S/C13H15BrN2O4S3/c1-16(7-9-5-13(14)21-8-9)11-4-3-10(23(15,19)20)6-12(11)22(2,17)18/h3-6,8H,7H2,1-2H3,(H2,15,19,20). The molecule has 0 aliphatic rings. The fourth-order valence-electron chi connectivity index (χ4n) is 2.07. The maximum Gasteiger partial charge on any atom is 0.238 e. The molecule has 0 aliphatic heterocycles. The van der Waals surface area contributed by atoms with Gasteiger partial charge in [0.15, 0.2) is 9.84 Å². The molecule has 0 unspecified atom stereocenters. The Hall–Kier alpha value is -0.940. The molecule has 1 heterocycles. The van der Waals surface area contributed by atoms with Crippen molar-refractivity contribution in [1.29, 1.82) is 0 Å². The molecule has 0 atom stereocenters. The van der Waals surface area contributed by atoms with Crippen molar-refractivity contribution in [3.05, 3.63) is 39.0 Å². The molecule has 0 saturated heterocycles. The van der Waals surface area contributed by atoms with E-state index in [4.69, 9.17) is 5.14 Å². The van der Waals surface area contributed by atoms with Gasteiger partial charge in [-0.2, -0.15) is 0 Å². The minimum atomic E-state index is -3.97. The highest BCUT2D eigenvalue weighted by Crippen LogP contribution is 2.29. The van der Waals surface area contributed by atoms with E-state index in [1.807, 2.05) is 11.4 Å². The number of sulfonamides is 1. The summed E-state index contributed by atoms with van der Waals surface area (Å²) in [7, 11) is -5.85. The predicted molar refractivity (Wildman–Crippen MR) is 95.1 cm³/mol. The lowest BCUT2D eigenvalue weighted by Crippen LogP contribution is -2.20. The van der Waals surface area contributed by atoms with Gasteiger partial charge in [0.05, 0.1) is 19.3 Å². The Kier molecular flexibility index (Phi) is 5.21. The van der Waals surface area contributed by atoms with Gasteiger partial charge >= 0.3 is 0 Å². The van der Waals surface area contributed by atoms with Gasteiger partial charge < -0.3 is 4.90 Å². The van der Waals surface area contributed by atoms with Crippen molar-refractivity contribution in [2.45, 2.75) is 16.3 Å². The number of benzene rings is 1. The van der Waals surface area contributed by atoms with Crippen LogP contribution in [-0.4, -0.2) is 30.1 Å². The quantitative estimate of drug-likeness (QED) is 0.771. The molecule has 2 aromatic rings. The molecule has 1 aromatic carbocycles. The number of hydrogen-bond acceptors (Lipinski definition) is 6. The van der Waals surface area contributed by atoms with Gasteiger partial charge in [0.1, 0.15) is 0 Å². The van der Waals surface area contributed by atoms with Crippen molar-refractivity contribution in [1.82, 2.24) is 0 Å². The first-order chi connectivity index (χ1) is 10.5. The molecule has 2 rings (SSSR count). The van der Waals surface area contributed by atoms with Gasteiger partial charge in [-0.3, -0.25) is 0 Å². The average Bonchev–Trinajstić information content (AvgIpc) is 2.81. The summed E-state index contributed by atoms with van der Waals surface area (Å²) in [5.74, 6) is 0. The highest BCUT2D eigenvalue weighted by Gasteiger charge is 2.20. The molecule has 23 heavy (non-hydrogen) atoms. The zero-order valence-electron chi connectivity index (χ0n) is 12.4. The Morgan fingerprint density at radius 2 is 1.87 bits per heavy atom. The topological polar surface area (TPSA) is 97.5 Å². The van der Waals surface area contributed by atoms with E-state index in [0.717, 1.165) is 21.7 Å². The minimum absolute atomic E-state index is 0.0687. The molecular weight excluding hydrogens is 424 g/mol. The number of anilines is 1. The van der Waals surface area contributed by atoms with Crippen LogP contribution < -0.4 is 10.0 Å². The summed E-state index contributed by atoms with van der Waals surface area (Å²) in [4.78, 5) is 1.45. The first kappa shape index (κ1) is 18.4. The number of halogens is 1. The van der Waals surface area contributed by atoms with Gasteiger partial charge in [-0.25, -0.2) is 22.0 Å². The summed E-state index contributed by atoms with van der Waals surface area (Å²) in [6.45, 7) is 0.485. The van der Waals surface area contributed by atoms with Crippen molar-refractivity contribution < 1.29 is 16.8 Å².